The van der Waals surface area contributed by atoms with Crippen molar-refractivity contribution in [1.29, 1.82) is 0 Å². The van der Waals surface area contributed by atoms with Gasteiger partial charge in [-0.3, -0.25) is 14.4 Å². The normalized spacial score (nSPS) is 15.2. The number of anilines is 1. The number of ether oxygens (including phenoxy) is 1. The van der Waals surface area contributed by atoms with Gasteiger partial charge in [0, 0.05) is 65.3 Å². The van der Waals surface area contributed by atoms with Crippen LogP contribution in [0, 0.1) is 26.7 Å². The maximum Gasteiger partial charge on any atom is 0.196 e. The number of hydrogen-bond acceptors (Lipinski definition) is 11. The SMILES string of the molecule is Cc1sc2c(c1C)C(c1ccc(OCCCCC3CCN(c4ccc(C(=O)c5c(-c6ccc(Br)cc6)sc6cc(O)ccc56)cc4)CC3)cc1)=N[C@@H](Cc1ncco1)c1nnc(C)n1-2. The van der Waals surface area contributed by atoms with E-state index in [1.807, 2.05) is 49.4 Å². The number of unbranched alkanes of at least 4 members (excludes halogenated alkanes) is 1. The van der Waals surface area contributed by atoms with Crippen LogP contribution in [0.2, 0.25) is 0 Å². The molecule has 64 heavy (non-hydrogen) atoms. The lowest BCUT2D eigenvalue weighted by atomic mass is 9.91. The lowest BCUT2D eigenvalue weighted by Gasteiger charge is -2.33. The fourth-order valence-electron chi connectivity index (χ4n) is 9.04. The number of benzene rings is 4. The van der Waals surface area contributed by atoms with Crippen molar-refractivity contribution in [2.24, 2.45) is 10.9 Å². The Bertz CT molecular complexity index is 2980. The van der Waals surface area contributed by atoms with E-state index in [9.17, 15) is 9.90 Å². The molecule has 10 rings (SSSR count). The van der Waals surface area contributed by atoms with E-state index in [2.05, 4.69) is 90.8 Å². The topological polar surface area (TPSA) is 119 Å². The summed E-state index contributed by atoms with van der Waals surface area (Å²) in [5.41, 5.74) is 7.76. The van der Waals surface area contributed by atoms with Gasteiger partial charge < -0.3 is 19.2 Å². The van der Waals surface area contributed by atoms with Crippen LogP contribution in [0.3, 0.4) is 0 Å². The molecule has 0 saturated carbocycles. The third-order valence-electron chi connectivity index (χ3n) is 12.6. The van der Waals surface area contributed by atoms with Gasteiger partial charge in [-0.25, -0.2) is 4.98 Å². The number of aryl methyl sites for hydroxylation is 2. The first-order valence-corrected chi connectivity index (χ1v) is 24.2. The van der Waals surface area contributed by atoms with Crippen molar-refractivity contribution < 1.29 is 19.1 Å². The summed E-state index contributed by atoms with van der Waals surface area (Å²) >= 11 is 6.81. The van der Waals surface area contributed by atoms with Gasteiger partial charge in [-0.2, -0.15) is 0 Å². The molecule has 6 heterocycles. The Morgan fingerprint density at radius 3 is 2.42 bits per heavy atom. The summed E-state index contributed by atoms with van der Waals surface area (Å²) in [4.78, 5) is 28.5. The molecule has 2 aliphatic heterocycles. The molecule has 0 unspecified atom stereocenters. The maximum absolute atomic E-state index is 14.1. The van der Waals surface area contributed by atoms with Gasteiger partial charge in [0.05, 0.1) is 24.9 Å². The number of carbonyl (C=O) groups is 1. The second-order valence-corrected chi connectivity index (χ2v) is 19.9. The second kappa shape index (κ2) is 17.9. The molecule has 0 aliphatic carbocycles. The van der Waals surface area contributed by atoms with Gasteiger partial charge >= 0.3 is 0 Å². The van der Waals surface area contributed by atoms with Crippen LogP contribution >= 0.6 is 38.6 Å². The number of hydrogen-bond donors (Lipinski definition) is 1. The zero-order valence-electron chi connectivity index (χ0n) is 35.9. The Labute approximate surface area is 388 Å². The minimum atomic E-state index is -0.309. The summed E-state index contributed by atoms with van der Waals surface area (Å²) in [6, 6.07) is 29.4. The zero-order chi connectivity index (χ0) is 43.9. The van der Waals surface area contributed by atoms with E-state index in [1.54, 1.807) is 35.9 Å². The fourth-order valence-corrected chi connectivity index (χ4v) is 11.8. The van der Waals surface area contributed by atoms with Gasteiger partial charge in [0.2, 0.25) is 0 Å². The van der Waals surface area contributed by atoms with E-state index in [0.29, 0.717) is 36.0 Å². The third-order valence-corrected chi connectivity index (χ3v) is 15.5. The number of phenolic OH excluding ortho intramolecular Hbond substituents is 1. The number of aromatic nitrogens is 4. The standard InChI is InChI=1S/C51H47BrN6O4S2/c1-30-31(2)63-51-45(30)47(54-42(29-44-53-23-27-62-44)50-56-55-32(3)58(50)51)34-11-18-40(19-12-34)61-26-5-4-6-33-21-24-57(25-22-33)38-15-9-35(10-16-38)48(60)46-41-20-17-39(59)28-43(41)64-49(46)36-7-13-37(52)14-8-36/h7-20,23,27-28,33,42,59H,4-6,21-22,24-26,29H2,1-3H3/t42-/m0/s1. The Morgan fingerprint density at radius 2 is 1.67 bits per heavy atom. The molecule has 0 bridgehead atoms. The number of nitrogens with zero attached hydrogens (tertiary/aromatic N) is 6. The van der Waals surface area contributed by atoms with Gasteiger partial charge in [0.25, 0.3) is 0 Å². The number of carbonyl (C=O) groups excluding carboxylic acids is 1. The number of halogens is 1. The first-order valence-electron chi connectivity index (χ1n) is 21.8. The highest BCUT2D eigenvalue weighted by Crippen LogP contribution is 2.43. The van der Waals surface area contributed by atoms with Crippen molar-refractivity contribution in [3.05, 3.63) is 158 Å². The molecular formula is C51H47BrN6O4S2. The molecule has 4 aromatic carbocycles. The van der Waals surface area contributed by atoms with Crippen LogP contribution in [0.5, 0.6) is 11.5 Å². The molecule has 8 aromatic rings. The molecular weight excluding hydrogens is 905 g/mol. The number of oxazole rings is 1. The summed E-state index contributed by atoms with van der Waals surface area (Å²) in [7, 11) is 0. The van der Waals surface area contributed by atoms with Crippen molar-refractivity contribution in [2.75, 3.05) is 24.6 Å². The minimum absolute atomic E-state index is 0.00965. The number of phenols is 1. The molecule has 0 amide bonds. The number of aliphatic imine (C=N–C) groups is 1. The van der Waals surface area contributed by atoms with E-state index in [0.717, 1.165) is 109 Å². The maximum atomic E-state index is 14.1. The monoisotopic (exact) mass is 950 g/mol. The van der Waals surface area contributed by atoms with Crippen molar-refractivity contribution in [3.63, 3.8) is 0 Å². The first kappa shape index (κ1) is 42.1. The van der Waals surface area contributed by atoms with Gasteiger partial charge in [-0.15, -0.1) is 32.9 Å². The molecule has 0 radical (unpaired) electrons. The predicted octanol–water partition coefficient (Wildman–Crippen LogP) is 12.4. The predicted molar refractivity (Wildman–Crippen MR) is 259 cm³/mol. The van der Waals surface area contributed by atoms with Crippen molar-refractivity contribution in [1.82, 2.24) is 19.7 Å². The molecule has 324 valence electrons. The van der Waals surface area contributed by atoms with Crippen LogP contribution in [0.1, 0.15) is 93.2 Å². The lowest BCUT2D eigenvalue weighted by Crippen LogP contribution is -2.33. The third kappa shape index (κ3) is 8.32. The molecule has 4 aromatic heterocycles. The number of thiophene rings is 2. The first-order chi connectivity index (χ1) is 31.2. The van der Waals surface area contributed by atoms with E-state index >= 15 is 0 Å². The van der Waals surface area contributed by atoms with Crippen LogP contribution in [0.15, 0.2) is 117 Å². The average molecular weight is 952 g/mol. The van der Waals surface area contributed by atoms with Gasteiger partial charge in [-0.05, 0) is 142 Å². The van der Waals surface area contributed by atoms with Crippen LogP contribution in [0.25, 0.3) is 25.5 Å². The largest absolute Gasteiger partial charge is 0.508 e. The number of aromatic hydroxyl groups is 1. The van der Waals surface area contributed by atoms with E-state index in [1.165, 1.54) is 28.2 Å². The summed E-state index contributed by atoms with van der Waals surface area (Å²) in [6.07, 6.45) is 9.37. The number of fused-ring (bicyclic) bond motifs is 4. The highest BCUT2D eigenvalue weighted by molar-refractivity contribution is 9.10. The lowest BCUT2D eigenvalue weighted by molar-refractivity contribution is 0.104. The number of rotatable bonds is 13. The van der Waals surface area contributed by atoms with Crippen LogP contribution in [0.4, 0.5) is 5.69 Å². The Morgan fingerprint density at radius 1 is 0.906 bits per heavy atom. The van der Waals surface area contributed by atoms with Crippen LogP contribution < -0.4 is 9.64 Å². The van der Waals surface area contributed by atoms with Crippen molar-refractivity contribution >= 4 is 65.9 Å². The second-order valence-electron chi connectivity index (χ2n) is 16.7. The molecule has 1 fully saturated rings. The molecule has 1 atom stereocenters. The molecule has 13 heteroatoms. The summed E-state index contributed by atoms with van der Waals surface area (Å²) in [5.74, 6) is 3.97. The number of piperidine rings is 1. The van der Waals surface area contributed by atoms with Crippen molar-refractivity contribution in [2.45, 2.75) is 65.3 Å². The Hall–Kier alpha value is -5.89. The van der Waals surface area contributed by atoms with Gasteiger partial charge in [-0.1, -0.05) is 34.5 Å². The number of ketones is 1. The smallest absolute Gasteiger partial charge is 0.196 e. The fraction of sp³-hybridized carbons (Fsp3) is 0.275. The highest BCUT2D eigenvalue weighted by Gasteiger charge is 2.32. The van der Waals surface area contributed by atoms with E-state index in [4.69, 9.17) is 14.1 Å². The van der Waals surface area contributed by atoms with Gasteiger partial charge in [0.15, 0.2) is 17.5 Å². The average Bonchev–Trinajstić information content (AvgIpc) is 4.10. The highest BCUT2D eigenvalue weighted by atomic mass is 79.9. The van der Waals surface area contributed by atoms with Crippen LogP contribution in [-0.2, 0) is 6.42 Å². The Kier molecular flexibility index (Phi) is 11.8. The molecule has 2 aliphatic rings. The van der Waals surface area contributed by atoms with Crippen molar-refractivity contribution in [3.8, 4) is 26.9 Å². The Balaban J connectivity index is 0.728. The molecule has 1 N–H and O–H groups in total. The van der Waals surface area contributed by atoms with E-state index < -0.39 is 0 Å². The molecule has 10 nitrogen and oxygen atoms in total. The summed E-state index contributed by atoms with van der Waals surface area (Å²) < 4.78 is 15.9. The van der Waals surface area contributed by atoms with Crippen LogP contribution in [-0.4, -0.2) is 56.0 Å². The van der Waals surface area contributed by atoms with E-state index in [-0.39, 0.29) is 17.6 Å². The zero-order valence-corrected chi connectivity index (χ0v) is 39.1. The molecule has 0 spiro atoms. The quantitative estimate of drug-likeness (QED) is 0.0896. The van der Waals surface area contributed by atoms with Gasteiger partial charge in [0.1, 0.15) is 34.6 Å². The minimum Gasteiger partial charge on any atom is -0.508 e. The summed E-state index contributed by atoms with van der Waals surface area (Å²) in [5, 5.41) is 21.2. The summed E-state index contributed by atoms with van der Waals surface area (Å²) in [6.45, 7) is 9.00. The molecule has 1 saturated heterocycles.